The summed E-state index contributed by atoms with van der Waals surface area (Å²) >= 11 is 0. The van der Waals surface area contributed by atoms with Gasteiger partial charge in [-0.15, -0.1) is 0 Å². The minimum absolute atomic E-state index is 0.180. The zero-order valence-electron chi connectivity index (χ0n) is 9.08. The van der Waals surface area contributed by atoms with Crippen molar-refractivity contribution in [3.63, 3.8) is 0 Å². The summed E-state index contributed by atoms with van der Waals surface area (Å²) in [4.78, 5) is 0. The highest BCUT2D eigenvalue weighted by Crippen LogP contribution is 2.26. The van der Waals surface area contributed by atoms with Crippen molar-refractivity contribution in [1.82, 2.24) is 0 Å². The monoisotopic (exact) mass is 233 g/mol. The Morgan fingerprint density at radius 1 is 1.25 bits per heavy atom. The van der Waals surface area contributed by atoms with Gasteiger partial charge in [0.2, 0.25) is 0 Å². The molecule has 0 radical (unpaired) electrons. The molecule has 2 nitrogen and oxygen atoms in total. The van der Waals surface area contributed by atoms with Gasteiger partial charge in [-0.1, -0.05) is 12.1 Å². The van der Waals surface area contributed by atoms with E-state index < -0.39 is 12.3 Å². The molecule has 1 aromatic carbocycles. The van der Waals surface area contributed by atoms with Crippen LogP contribution in [0.15, 0.2) is 24.3 Å². The molecular weight excluding hydrogens is 219 g/mol. The normalized spacial score (nSPS) is 15.6. The van der Waals surface area contributed by atoms with E-state index in [9.17, 15) is 13.2 Å². The van der Waals surface area contributed by atoms with Crippen LogP contribution in [0.5, 0.6) is 5.75 Å². The zero-order valence-corrected chi connectivity index (χ0v) is 9.08. The van der Waals surface area contributed by atoms with Gasteiger partial charge in [-0.3, -0.25) is 0 Å². The second-order valence-corrected chi connectivity index (χ2v) is 3.66. The highest BCUT2D eigenvalue weighted by atomic mass is 19.4. The summed E-state index contributed by atoms with van der Waals surface area (Å²) in [5.74, 6) is 0.180. The maximum atomic E-state index is 12.2. The highest BCUT2D eigenvalue weighted by molar-refractivity contribution is 5.30. The van der Waals surface area contributed by atoms with Crippen molar-refractivity contribution in [2.45, 2.75) is 32.2 Å². The van der Waals surface area contributed by atoms with Gasteiger partial charge in [0.1, 0.15) is 5.75 Å². The lowest BCUT2D eigenvalue weighted by atomic mass is 10.1. The van der Waals surface area contributed by atoms with Crippen LogP contribution >= 0.6 is 0 Å². The lowest BCUT2D eigenvalue weighted by Gasteiger charge is -2.18. The molecule has 0 aliphatic rings. The summed E-state index contributed by atoms with van der Waals surface area (Å²) in [5.41, 5.74) is 6.36. The number of hydrogen-bond donors (Lipinski definition) is 1. The molecule has 1 rings (SSSR count). The first-order valence-corrected chi connectivity index (χ1v) is 4.89. The van der Waals surface area contributed by atoms with E-state index >= 15 is 0 Å². The number of hydrogen-bond acceptors (Lipinski definition) is 2. The van der Waals surface area contributed by atoms with Gasteiger partial charge < -0.3 is 10.5 Å². The first-order chi connectivity index (χ1) is 7.30. The summed E-state index contributed by atoms with van der Waals surface area (Å²) < 4.78 is 41.5. The van der Waals surface area contributed by atoms with Crippen molar-refractivity contribution in [1.29, 1.82) is 0 Å². The SMILES string of the molecule is CC(N)c1cccc(OC(C)C(F)(F)F)c1. The van der Waals surface area contributed by atoms with Crippen LogP contribution in [0.4, 0.5) is 13.2 Å². The lowest BCUT2D eigenvalue weighted by molar-refractivity contribution is -0.189. The first kappa shape index (κ1) is 12.8. The molecule has 0 aliphatic carbocycles. The maximum absolute atomic E-state index is 12.2. The third-order valence-corrected chi connectivity index (χ3v) is 2.16. The topological polar surface area (TPSA) is 35.2 Å². The summed E-state index contributed by atoms with van der Waals surface area (Å²) in [5, 5.41) is 0. The molecule has 1 aromatic rings. The molecule has 0 aliphatic heterocycles. The zero-order chi connectivity index (χ0) is 12.3. The number of nitrogens with two attached hydrogens (primary N) is 1. The second kappa shape index (κ2) is 4.74. The van der Waals surface area contributed by atoms with Gasteiger partial charge in [0, 0.05) is 6.04 Å². The van der Waals surface area contributed by atoms with E-state index in [1.54, 1.807) is 19.1 Å². The van der Waals surface area contributed by atoms with Crippen LogP contribution in [0.25, 0.3) is 0 Å². The average Bonchev–Trinajstić information content (AvgIpc) is 2.16. The van der Waals surface area contributed by atoms with Gasteiger partial charge in [0.25, 0.3) is 0 Å². The molecule has 5 heteroatoms. The van der Waals surface area contributed by atoms with E-state index in [0.717, 1.165) is 12.5 Å². The van der Waals surface area contributed by atoms with Crippen molar-refractivity contribution in [2.24, 2.45) is 5.73 Å². The average molecular weight is 233 g/mol. The Balaban J connectivity index is 2.78. The molecule has 90 valence electrons. The third-order valence-electron chi connectivity index (χ3n) is 2.16. The molecule has 0 aromatic heterocycles. The Hall–Kier alpha value is -1.23. The third kappa shape index (κ3) is 3.41. The Morgan fingerprint density at radius 2 is 1.88 bits per heavy atom. The van der Waals surface area contributed by atoms with E-state index in [1.807, 2.05) is 0 Å². The smallest absolute Gasteiger partial charge is 0.425 e. The van der Waals surface area contributed by atoms with E-state index in [2.05, 4.69) is 0 Å². The number of alkyl halides is 3. The fraction of sp³-hybridized carbons (Fsp3) is 0.455. The van der Waals surface area contributed by atoms with Crippen molar-refractivity contribution < 1.29 is 17.9 Å². The molecular formula is C11H14F3NO. The Kier molecular flexibility index (Phi) is 3.80. The van der Waals surface area contributed by atoms with E-state index in [4.69, 9.17) is 10.5 Å². The Bertz CT molecular complexity index is 349. The lowest BCUT2D eigenvalue weighted by Crippen LogP contribution is -2.31. The molecule has 0 bridgehead atoms. The molecule has 2 unspecified atom stereocenters. The Morgan fingerprint density at radius 3 is 2.38 bits per heavy atom. The van der Waals surface area contributed by atoms with Crippen LogP contribution in [0.3, 0.4) is 0 Å². The van der Waals surface area contributed by atoms with Gasteiger partial charge in [0.15, 0.2) is 6.10 Å². The predicted molar refractivity (Wildman–Crippen MR) is 55.2 cm³/mol. The van der Waals surface area contributed by atoms with Crippen LogP contribution in [-0.4, -0.2) is 12.3 Å². The molecule has 0 saturated carbocycles. The number of ether oxygens (including phenoxy) is 1. The quantitative estimate of drug-likeness (QED) is 0.870. The van der Waals surface area contributed by atoms with Gasteiger partial charge in [-0.2, -0.15) is 13.2 Å². The molecule has 0 amide bonds. The van der Waals surface area contributed by atoms with Gasteiger partial charge in [-0.05, 0) is 31.5 Å². The number of rotatable bonds is 3. The molecule has 0 heterocycles. The van der Waals surface area contributed by atoms with Crippen LogP contribution in [0, 0.1) is 0 Å². The van der Waals surface area contributed by atoms with Crippen LogP contribution in [0.1, 0.15) is 25.5 Å². The summed E-state index contributed by atoms with van der Waals surface area (Å²) in [7, 11) is 0. The Labute approximate surface area is 92.2 Å². The van der Waals surface area contributed by atoms with Crippen LogP contribution < -0.4 is 10.5 Å². The number of benzene rings is 1. The fourth-order valence-electron chi connectivity index (χ4n) is 1.14. The predicted octanol–water partition coefficient (Wildman–Crippen LogP) is 3.04. The van der Waals surface area contributed by atoms with Gasteiger partial charge in [0.05, 0.1) is 0 Å². The molecule has 2 atom stereocenters. The number of halogens is 3. The van der Waals surface area contributed by atoms with Crippen LogP contribution in [0.2, 0.25) is 0 Å². The van der Waals surface area contributed by atoms with E-state index in [0.29, 0.717) is 0 Å². The summed E-state index contributed by atoms with van der Waals surface area (Å²) in [6.07, 6.45) is -6.18. The van der Waals surface area contributed by atoms with Crippen molar-refractivity contribution in [3.05, 3.63) is 29.8 Å². The fourth-order valence-corrected chi connectivity index (χ4v) is 1.14. The van der Waals surface area contributed by atoms with E-state index in [1.165, 1.54) is 12.1 Å². The molecule has 0 fully saturated rings. The van der Waals surface area contributed by atoms with Crippen molar-refractivity contribution >= 4 is 0 Å². The summed E-state index contributed by atoms with van der Waals surface area (Å²) in [6.45, 7) is 2.73. The maximum Gasteiger partial charge on any atom is 0.425 e. The minimum Gasteiger partial charge on any atom is -0.481 e. The molecule has 2 N–H and O–H groups in total. The van der Waals surface area contributed by atoms with Crippen molar-refractivity contribution in [3.8, 4) is 5.75 Å². The minimum atomic E-state index is -4.36. The van der Waals surface area contributed by atoms with Crippen LogP contribution in [-0.2, 0) is 0 Å². The van der Waals surface area contributed by atoms with Crippen molar-refractivity contribution in [2.75, 3.05) is 0 Å². The first-order valence-electron chi connectivity index (χ1n) is 4.89. The molecule has 0 saturated heterocycles. The highest BCUT2D eigenvalue weighted by Gasteiger charge is 2.38. The largest absolute Gasteiger partial charge is 0.481 e. The van der Waals surface area contributed by atoms with E-state index in [-0.39, 0.29) is 11.8 Å². The van der Waals surface area contributed by atoms with Gasteiger partial charge >= 0.3 is 6.18 Å². The summed E-state index contributed by atoms with van der Waals surface area (Å²) in [6, 6.07) is 6.14. The molecule has 0 spiro atoms. The standard InChI is InChI=1S/C11H14F3NO/c1-7(15)9-4-3-5-10(6-9)16-8(2)11(12,13)14/h3-8H,15H2,1-2H3. The second-order valence-electron chi connectivity index (χ2n) is 3.66. The van der Waals surface area contributed by atoms with Gasteiger partial charge in [-0.25, -0.2) is 0 Å². The molecule has 16 heavy (non-hydrogen) atoms.